The van der Waals surface area contributed by atoms with E-state index in [9.17, 15) is 9.18 Å². The second kappa shape index (κ2) is 7.98. The van der Waals surface area contributed by atoms with Crippen LogP contribution in [0.25, 0.3) is 0 Å². The van der Waals surface area contributed by atoms with Gasteiger partial charge in [0.1, 0.15) is 18.2 Å². The van der Waals surface area contributed by atoms with E-state index in [0.717, 1.165) is 15.6 Å². The molecule has 0 aliphatic heterocycles. The average molecular weight is 401 g/mol. The fraction of sp³-hybridized carbons (Fsp3) is 0.105. The maximum atomic E-state index is 13.0. The fourth-order valence-electron chi connectivity index (χ4n) is 2.29. The number of hydrogen-bond donors (Lipinski definition) is 0. The van der Waals surface area contributed by atoms with E-state index in [2.05, 4.69) is 26.1 Å². The van der Waals surface area contributed by atoms with E-state index < -0.39 is 0 Å². The van der Waals surface area contributed by atoms with E-state index in [4.69, 9.17) is 4.74 Å². The third-order valence-electron chi connectivity index (χ3n) is 3.56. The summed E-state index contributed by atoms with van der Waals surface area (Å²) in [5.41, 5.74) is 2.08. The number of carbonyl (C=O) groups excluding carboxylic acids is 1. The second-order valence-corrected chi connectivity index (χ2v) is 6.32. The fourth-order valence-corrected chi connectivity index (χ4v) is 2.65. The number of ether oxygens (including phenoxy) is 1. The lowest BCUT2D eigenvalue weighted by molar-refractivity contribution is 0.0988. The van der Waals surface area contributed by atoms with Gasteiger partial charge in [-0.3, -0.25) is 4.79 Å². The van der Waals surface area contributed by atoms with Crippen molar-refractivity contribution < 1.29 is 13.9 Å². The lowest BCUT2D eigenvalue weighted by atomic mass is 10.0. The number of Topliss-reactive ketones (excluding diaryl/α,β-unsaturated/α-hetero) is 1. The van der Waals surface area contributed by atoms with Crippen molar-refractivity contribution in [1.29, 1.82) is 0 Å². The summed E-state index contributed by atoms with van der Waals surface area (Å²) < 4.78 is 19.5. The Morgan fingerprint density at radius 1 is 1.04 bits per heavy atom. The van der Waals surface area contributed by atoms with Crippen molar-refractivity contribution in [1.82, 2.24) is 10.2 Å². The SMILES string of the molecule is O=C(Cc1ccnnc1)c1cc(Br)ccc1OCc1ccc(F)cc1. The first-order valence-corrected chi connectivity index (χ1v) is 8.37. The summed E-state index contributed by atoms with van der Waals surface area (Å²) in [6, 6.07) is 13.1. The molecule has 0 aliphatic rings. The molecule has 3 rings (SSSR count). The normalized spacial score (nSPS) is 10.5. The Hall–Kier alpha value is -2.60. The molecule has 126 valence electrons. The van der Waals surface area contributed by atoms with Crippen LogP contribution in [0.2, 0.25) is 0 Å². The molecule has 0 unspecified atom stereocenters. The number of hydrogen-bond acceptors (Lipinski definition) is 4. The van der Waals surface area contributed by atoms with Gasteiger partial charge in [-0.25, -0.2) is 4.39 Å². The van der Waals surface area contributed by atoms with Crippen LogP contribution < -0.4 is 4.74 Å². The molecule has 0 radical (unpaired) electrons. The largest absolute Gasteiger partial charge is 0.488 e. The van der Waals surface area contributed by atoms with E-state index in [1.165, 1.54) is 12.1 Å². The highest BCUT2D eigenvalue weighted by atomic mass is 79.9. The summed E-state index contributed by atoms with van der Waals surface area (Å²) >= 11 is 3.38. The number of halogens is 2. The second-order valence-electron chi connectivity index (χ2n) is 5.41. The van der Waals surface area contributed by atoms with Gasteiger partial charge in [0.15, 0.2) is 5.78 Å². The number of ketones is 1. The van der Waals surface area contributed by atoms with Gasteiger partial charge in [-0.2, -0.15) is 10.2 Å². The molecule has 25 heavy (non-hydrogen) atoms. The molecule has 0 spiro atoms. The first-order chi connectivity index (χ1) is 12.1. The monoisotopic (exact) mass is 400 g/mol. The molecule has 4 nitrogen and oxygen atoms in total. The molecular weight excluding hydrogens is 387 g/mol. The summed E-state index contributed by atoms with van der Waals surface area (Å²) in [4.78, 5) is 12.6. The highest BCUT2D eigenvalue weighted by molar-refractivity contribution is 9.10. The van der Waals surface area contributed by atoms with Gasteiger partial charge in [0.05, 0.1) is 11.8 Å². The smallest absolute Gasteiger partial charge is 0.171 e. The summed E-state index contributed by atoms with van der Waals surface area (Å²) in [5.74, 6) is 0.108. The predicted molar refractivity (Wildman–Crippen MR) is 94.9 cm³/mol. The molecule has 0 N–H and O–H groups in total. The van der Waals surface area contributed by atoms with Gasteiger partial charge < -0.3 is 4.74 Å². The quantitative estimate of drug-likeness (QED) is 0.576. The third kappa shape index (κ3) is 4.70. The predicted octanol–water partition coefficient (Wildman–Crippen LogP) is 4.38. The highest BCUT2D eigenvalue weighted by Crippen LogP contribution is 2.25. The lowest BCUT2D eigenvalue weighted by Gasteiger charge is -2.12. The van der Waals surface area contributed by atoms with Crippen LogP contribution in [0.1, 0.15) is 21.5 Å². The van der Waals surface area contributed by atoms with Crippen LogP contribution >= 0.6 is 15.9 Å². The summed E-state index contributed by atoms with van der Waals surface area (Å²) in [6.07, 6.45) is 3.32. The lowest BCUT2D eigenvalue weighted by Crippen LogP contribution is -2.08. The van der Waals surface area contributed by atoms with Crippen LogP contribution in [0.4, 0.5) is 4.39 Å². The van der Waals surface area contributed by atoms with Gasteiger partial charge >= 0.3 is 0 Å². The van der Waals surface area contributed by atoms with Crippen molar-refractivity contribution in [2.45, 2.75) is 13.0 Å². The summed E-state index contributed by atoms with van der Waals surface area (Å²) in [7, 11) is 0. The van der Waals surface area contributed by atoms with E-state index in [1.54, 1.807) is 42.7 Å². The molecule has 1 aromatic heterocycles. The Labute approximate surface area is 152 Å². The van der Waals surface area contributed by atoms with Crippen LogP contribution in [0.15, 0.2) is 65.4 Å². The Morgan fingerprint density at radius 2 is 1.84 bits per heavy atom. The van der Waals surface area contributed by atoms with Crippen LogP contribution in [-0.2, 0) is 13.0 Å². The van der Waals surface area contributed by atoms with Crippen molar-refractivity contribution in [2.24, 2.45) is 0 Å². The molecule has 0 atom stereocenters. The van der Waals surface area contributed by atoms with Gasteiger partial charge in [-0.15, -0.1) is 0 Å². The van der Waals surface area contributed by atoms with Crippen molar-refractivity contribution in [3.8, 4) is 5.75 Å². The average Bonchev–Trinajstić information content (AvgIpc) is 2.63. The first-order valence-electron chi connectivity index (χ1n) is 7.57. The van der Waals surface area contributed by atoms with E-state index in [1.807, 2.05) is 6.07 Å². The van der Waals surface area contributed by atoms with Crippen LogP contribution in [-0.4, -0.2) is 16.0 Å². The van der Waals surface area contributed by atoms with Crippen LogP contribution in [0, 0.1) is 5.82 Å². The standard InChI is InChI=1S/C19H14BrFN2O2/c20-15-3-6-19(25-12-13-1-4-16(21)5-2-13)17(10-15)18(24)9-14-7-8-22-23-11-14/h1-8,10-11H,9,12H2. The van der Waals surface area contributed by atoms with Crippen molar-refractivity contribution >= 4 is 21.7 Å². The van der Waals surface area contributed by atoms with Crippen LogP contribution in [0.5, 0.6) is 5.75 Å². The van der Waals surface area contributed by atoms with Gasteiger partial charge in [0.2, 0.25) is 0 Å². The van der Waals surface area contributed by atoms with Gasteiger partial charge in [-0.05, 0) is 47.5 Å². The number of rotatable bonds is 6. The summed E-state index contributed by atoms with van der Waals surface area (Å²) in [6.45, 7) is 0.249. The molecular formula is C19H14BrFN2O2. The maximum absolute atomic E-state index is 13.0. The number of aromatic nitrogens is 2. The Kier molecular flexibility index (Phi) is 5.50. The van der Waals surface area contributed by atoms with Crippen molar-refractivity contribution in [2.75, 3.05) is 0 Å². The third-order valence-corrected chi connectivity index (χ3v) is 4.05. The number of nitrogens with zero attached hydrogens (tertiary/aromatic N) is 2. The minimum Gasteiger partial charge on any atom is -0.488 e. The zero-order valence-electron chi connectivity index (χ0n) is 13.2. The molecule has 0 bridgehead atoms. The van der Waals surface area contributed by atoms with E-state index in [-0.39, 0.29) is 24.6 Å². The number of carbonyl (C=O) groups is 1. The Bertz CT molecular complexity index is 870. The van der Waals surface area contributed by atoms with Gasteiger partial charge in [-0.1, -0.05) is 28.1 Å². The topological polar surface area (TPSA) is 52.1 Å². The molecule has 1 heterocycles. The molecule has 3 aromatic rings. The van der Waals surface area contributed by atoms with Crippen molar-refractivity contribution in [3.63, 3.8) is 0 Å². The zero-order chi connectivity index (χ0) is 17.6. The molecule has 2 aromatic carbocycles. The first kappa shape index (κ1) is 17.2. The van der Waals surface area contributed by atoms with E-state index >= 15 is 0 Å². The maximum Gasteiger partial charge on any atom is 0.171 e. The molecule has 6 heteroatoms. The molecule has 0 aliphatic carbocycles. The zero-order valence-corrected chi connectivity index (χ0v) is 14.7. The molecule has 0 saturated heterocycles. The minimum atomic E-state index is -0.297. The number of benzene rings is 2. The van der Waals surface area contributed by atoms with Gasteiger partial charge in [0.25, 0.3) is 0 Å². The van der Waals surface area contributed by atoms with Crippen LogP contribution in [0.3, 0.4) is 0 Å². The Morgan fingerprint density at radius 3 is 2.56 bits per heavy atom. The highest BCUT2D eigenvalue weighted by Gasteiger charge is 2.14. The van der Waals surface area contributed by atoms with Crippen molar-refractivity contribution in [3.05, 3.63) is 87.9 Å². The van der Waals surface area contributed by atoms with Gasteiger partial charge in [0, 0.05) is 17.1 Å². The Balaban J connectivity index is 1.77. The van der Waals surface area contributed by atoms with E-state index in [0.29, 0.717) is 11.3 Å². The molecule has 0 saturated carbocycles. The minimum absolute atomic E-state index is 0.0802. The summed E-state index contributed by atoms with van der Waals surface area (Å²) in [5, 5.41) is 7.49. The molecule has 0 amide bonds. The molecule has 0 fully saturated rings.